The van der Waals surface area contributed by atoms with E-state index in [0.717, 1.165) is 74.7 Å². The van der Waals surface area contributed by atoms with Gasteiger partial charge in [-0.15, -0.1) is 21.8 Å². The zero-order valence-electron chi connectivity index (χ0n) is 31.4. The summed E-state index contributed by atoms with van der Waals surface area (Å²) in [6, 6.07) is 17.1. The van der Waals surface area contributed by atoms with Crippen molar-refractivity contribution in [3.8, 4) is 0 Å². The van der Waals surface area contributed by atoms with E-state index < -0.39 is 17.5 Å². The van der Waals surface area contributed by atoms with Gasteiger partial charge in [-0.25, -0.2) is 0 Å². The molecule has 280 valence electrons. The van der Waals surface area contributed by atoms with E-state index in [1.807, 2.05) is 26.1 Å². The van der Waals surface area contributed by atoms with Crippen LogP contribution in [0.5, 0.6) is 0 Å². The quantitative estimate of drug-likeness (QED) is 0.0491. The molecule has 0 aliphatic rings. The number of benzene rings is 3. The fraction of sp³-hybridized carbons (Fsp3) is 0.350. The smallest absolute Gasteiger partial charge is 0.172 e. The lowest BCUT2D eigenvalue weighted by molar-refractivity contribution is -0.0987. The summed E-state index contributed by atoms with van der Waals surface area (Å²) >= 11 is 10.2. The predicted molar refractivity (Wildman–Crippen MR) is 237 cm³/mol. The van der Waals surface area contributed by atoms with Gasteiger partial charge in [0.2, 0.25) is 0 Å². The average Bonchev–Trinajstić information content (AvgIpc) is 3.05. The Labute approximate surface area is 322 Å². The lowest BCUT2D eigenvalue weighted by Crippen LogP contribution is -2.31. The Hall–Kier alpha value is -2.41. The van der Waals surface area contributed by atoms with E-state index in [0.29, 0.717) is 0 Å². The number of carbonyl (C=O) groups excluding carboxylic acids is 2. The van der Waals surface area contributed by atoms with Gasteiger partial charge in [0, 0.05) is 15.9 Å². The SMILES string of the molecule is C=C=C.C=C=C.C=O.C=O.Cc1cc(C)c(P(=O)(c2ccc(CCCCS(C)(C)O)cc2)c2c(C)cc(C)cc2C)c(C)c1.OS.SCCS. The monoisotopic (exact) mass is 780 g/mol. The first-order valence-electron chi connectivity index (χ1n) is 15.4. The lowest BCUT2D eigenvalue weighted by atomic mass is 10.1. The highest BCUT2D eigenvalue weighted by molar-refractivity contribution is 8.28. The van der Waals surface area contributed by atoms with Crippen molar-refractivity contribution >= 4 is 85.1 Å². The third-order valence-corrected chi connectivity index (χ3v) is 12.4. The second kappa shape index (κ2) is 31.3. The fourth-order valence-corrected chi connectivity index (χ4v) is 9.83. The minimum absolute atomic E-state index is 0.878. The maximum atomic E-state index is 15.4. The van der Waals surface area contributed by atoms with Crippen LogP contribution in [0.4, 0.5) is 0 Å². The van der Waals surface area contributed by atoms with Crippen molar-refractivity contribution in [1.29, 1.82) is 0 Å². The maximum absolute atomic E-state index is 15.4. The highest BCUT2D eigenvalue weighted by atomic mass is 32.3. The molecule has 3 aromatic carbocycles. The van der Waals surface area contributed by atoms with Crippen LogP contribution in [0.3, 0.4) is 0 Å². The number of hydrogen-bond donors (Lipinski definition) is 5. The molecule has 50 heavy (non-hydrogen) atoms. The normalized spacial score (nSPS) is 9.86. The topological polar surface area (TPSA) is 91.7 Å². The molecule has 5 nitrogen and oxygen atoms in total. The molecule has 0 saturated carbocycles. The van der Waals surface area contributed by atoms with Crippen LogP contribution in [0.25, 0.3) is 0 Å². The molecule has 0 heterocycles. The number of unbranched alkanes of at least 4 members (excludes halogenated alkanes) is 1. The predicted octanol–water partition coefficient (Wildman–Crippen LogP) is 9.82. The summed E-state index contributed by atoms with van der Waals surface area (Å²) < 4.78 is 32.1. The maximum Gasteiger partial charge on any atom is 0.172 e. The van der Waals surface area contributed by atoms with E-state index >= 15 is 4.57 Å². The first kappa shape index (κ1) is 54.4. The summed E-state index contributed by atoms with van der Waals surface area (Å²) in [6.07, 6.45) is 6.96. The molecule has 0 aliphatic heterocycles. The summed E-state index contributed by atoms with van der Waals surface area (Å²) in [5, 5.41) is 2.87. The van der Waals surface area contributed by atoms with Crippen molar-refractivity contribution in [2.45, 2.75) is 60.8 Å². The van der Waals surface area contributed by atoms with Crippen molar-refractivity contribution < 1.29 is 23.3 Å². The number of aryl methyl sites for hydroxylation is 7. The number of carbonyl (C=O) groups is 2. The zero-order valence-corrected chi connectivity index (χ0v) is 35.8. The van der Waals surface area contributed by atoms with Gasteiger partial charge in [-0.1, -0.05) is 86.0 Å². The minimum atomic E-state index is -3.07. The summed E-state index contributed by atoms with van der Waals surface area (Å²) in [6.45, 7) is 29.1. The molecule has 0 unspecified atom stereocenters. The zero-order chi connectivity index (χ0) is 40.1. The van der Waals surface area contributed by atoms with Gasteiger partial charge in [-0.2, -0.15) is 25.3 Å². The van der Waals surface area contributed by atoms with E-state index in [1.54, 1.807) is 0 Å². The Morgan fingerprint density at radius 2 is 0.960 bits per heavy atom. The summed E-state index contributed by atoms with van der Waals surface area (Å²) in [7, 11) is -4.50. The van der Waals surface area contributed by atoms with Crippen LogP contribution in [0.15, 0.2) is 86.3 Å². The Morgan fingerprint density at radius 1 is 0.660 bits per heavy atom. The van der Waals surface area contributed by atoms with Crippen LogP contribution in [-0.4, -0.2) is 52.5 Å². The Kier molecular flexibility index (Phi) is 34.1. The van der Waals surface area contributed by atoms with Crippen LogP contribution >= 0.6 is 55.6 Å². The highest BCUT2D eigenvalue weighted by Crippen LogP contribution is 2.46. The molecule has 3 aromatic rings. The summed E-state index contributed by atoms with van der Waals surface area (Å²) in [5.41, 5.74) is 12.5. The Bertz CT molecular complexity index is 1360. The highest BCUT2D eigenvalue weighted by Gasteiger charge is 2.35. The van der Waals surface area contributed by atoms with Crippen molar-refractivity contribution in [2.75, 3.05) is 29.8 Å². The summed E-state index contributed by atoms with van der Waals surface area (Å²) in [4.78, 5) is 16.0. The van der Waals surface area contributed by atoms with Gasteiger partial charge in [-0.05, 0) is 131 Å². The molecule has 0 amide bonds. The van der Waals surface area contributed by atoms with E-state index in [9.17, 15) is 4.55 Å². The third kappa shape index (κ3) is 20.4. The number of thiol groups is 3. The van der Waals surface area contributed by atoms with Gasteiger partial charge < -0.3 is 23.3 Å². The third-order valence-electron chi connectivity index (χ3n) is 6.66. The largest absolute Gasteiger partial charge is 0.352 e. The molecule has 0 aromatic heterocycles. The van der Waals surface area contributed by atoms with Gasteiger partial charge >= 0.3 is 0 Å². The van der Waals surface area contributed by atoms with Crippen LogP contribution in [0.1, 0.15) is 51.8 Å². The van der Waals surface area contributed by atoms with Crippen molar-refractivity contribution in [3.05, 3.63) is 125 Å². The van der Waals surface area contributed by atoms with Gasteiger partial charge in [0.25, 0.3) is 0 Å². The Balaban J connectivity index is -0.000000566. The molecule has 0 atom stereocenters. The van der Waals surface area contributed by atoms with Gasteiger partial charge in [0.15, 0.2) is 7.14 Å². The number of rotatable bonds is 9. The fourth-order valence-electron chi connectivity index (χ4n) is 5.37. The van der Waals surface area contributed by atoms with Crippen molar-refractivity contribution in [1.82, 2.24) is 0 Å². The van der Waals surface area contributed by atoms with Crippen molar-refractivity contribution in [3.63, 3.8) is 0 Å². The second-order valence-corrected chi connectivity index (χ2v) is 18.3. The molecule has 0 saturated heterocycles. The Morgan fingerprint density at radius 3 is 1.22 bits per heavy atom. The average molecular weight is 781 g/mol. The van der Waals surface area contributed by atoms with Crippen LogP contribution in [0, 0.1) is 41.5 Å². The molecule has 0 spiro atoms. The van der Waals surface area contributed by atoms with Gasteiger partial charge in [0.05, 0.1) is 0 Å². The van der Waals surface area contributed by atoms with Crippen LogP contribution < -0.4 is 15.9 Å². The van der Waals surface area contributed by atoms with Gasteiger partial charge in [0.1, 0.15) is 13.6 Å². The minimum Gasteiger partial charge on any atom is -0.352 e. The summed E-state index contributed by atoms with van der Waals surface area (Å²) in [5.74, 6) is 2.64. The van der Waals surface area contributed by atoms with E-state index in [-0.39, 0.29) is 0 Å². The molecular formula is C40H61O5PS4. The standard InChI is InChI=1S/C30H41O2PS.2C3H4.C2H6S2.2CH2O.H2OS/c1-21-17-23(3)29(24(4)18-21)33(31,30-25(5)19-22(2)20-26(30)6)28-14-12-27(13-15-28)11-9-10-16-34(7,8)32;2*1-3-2;3-1-2-4;3*1-2/h12-15,17-20,32H,9-11,16H2,1-8H3;2*1-2H2;3-4H,1-2H2;2*1H2;1-2H. The van der Waals surface area contributed by atoms with E-state index in [4.69, 9.17) is 14.1 Å². The van der Waals surface area contributed by atoms with Crippen LogP contribution in [0.2, 0.25) is 0 Å². The van der Waals surface area contributed by atoms with Gasteiger partial charge in [-0.3, -0.25) is 0 Å². The lowest BCUT2D eigenvalue weighted by Gasteiger charge is -2.27. The van der Waals surface area contributed by atoms with Crippen molar-refractivity contribution in [2.24, 2.45) is 0 Å². The number of hydrogen-bond acceptors (Lipinski definition) is 8. The van der Waals surface area contributed by atoms with E-state index in [1.165, 1.54) is 16.7 Å². The molecule has 0 fully saturated rings. The first-order chi connectivity index (χ1) is 23.6. The molecule has 10 heteroatoms. The molecule has 2 N–H and O–H groups in total. The molecule has 0 radical (unpaired) electrons. The van der Waals surface area contributed by atoms with Crippen LogP contribution in [-0.2, 0) is 20.6 Å². The molecule has 3 rings (SSSR count). The molecule has 0 bridgehead atoms. The van der Waals surface area contributed by atoms with E-state index in [2.05, 4.69) is 166 Å². The second-order valence-electron chi connectivity index (χ2n) is 11.4. The first-order valence-corrected chi connectivity index (χ1v) is 21.4. The molecule has 0 aliphatic carbocycles. The molecular weight excluding hydrogens is 720 g/mol.